The maximum absolute atomic E-state index is 12.4. The predicted octanol–water partition coefficient (Wildman–Crippen LogP) is 1.39. The van der Waals surface area contributed by atoms with Gasteiger partial charge in [-0.2, -0.15) is 0 Å². The average Bonchev–Trinajstić information content (AvgIpc) is 2.89. The molecule has 1 amide bonds. The summed E-state index contributed by atoms with van der Waals surface area (Å²) in [6.07, 6.45) is 1.12. The topological polar surface area (TPSA) is 50.8 Å². The van der Waals surface area contributed by atoms with Crippen LogP contribution in [-0.4, -0.2) is 51.7 Å². The van der Waals surface area contributed by atoms with Crippen LogP contribution in [0.25, 0.3) is 0 Å². The van der Waals surface area contributed by atoms with Crippen LogP contribution in [0.5, 0.6) is 11.5 Å². The summed E-state index contributed by atoms with van der Waals surface area (Å²) < 4.78 is 10.5. The summed E-state index contributed by atoms with van der Waals surface area (Å²) in [5, 5.41) is 2.99. The van der Waals surface area contributed by atoms with Crippen molar-refractivity contribution in [2.75, 3.05) is 40.9 Å². The molecule has 0 radical (unpaired) electrons. The van der Waals surface area contributed by atoms with Crippen LogP contribution in [0.2, 0.25) is 0 Å². The van der Waals surface area contributed by atoms with Crippen molar-refractivity contribution in [3.63, 3.8) is 0 Å². The minimum Gasteiger partial charge on any atom is -0.496 e. The fourth-order valence-electron chi connectivity index (χ4n) is 2.59. The minimum atomic E-state index is -0.145. The van der Waals surface area contributed by atoms with Gasteiger partial charge < -0.3 is 19.7 Å². The Labute approximate surface area is 119 Å². The zero-order chi connectivity index (χ0) is 14.5. The van der Waals surface area contributed by atoms with Crippen LogP contribution >= 0.6 is 0 Å². The number of methoxy groups -OCH3 is 2. The van der Waals surface area contributed by atoms with Crippen molar-refractivity contribution < 1.29 is 14.3 Å². The molecule has 1 aromatic rings. The first kappa shape index (κ1) is 14.7. The second-order valence-electron chi connectivity index (χ2n) is 5.16. The monoisotopic (exact) mass is 278 g/mol. The molecule has 1 aromatic carbocycles. The molecule has 0 aliphatic carbocycles. The number of carbonyl (C=O) groups is 1. The van der Waals surface area contributed by atoms with Crippen molar-refractivity contribution >= 4 is 5.91 Å². The molecular weight excluding hydrogens is 256 g/mol. The first-order chi connectivity index (χ1) is 9.65. The average molecular weight is 278 g/mol. The number of likely N-dealkylation sites (tertiary alicyclic amines) is 1. The van der Waals surface area contributed by atoms with Crippen molar-refractivity contribution in [2.24, 2.45) is 5.92 Å². The molecule has 1 aliphatic rings. The van der Waals surface area contributed by atoms with E-state index in [4.69, 9.17) is 9.47 Å². The number of carbonyl (C=O) groups excluding carboxylic acids is 1. The van der Waals surface area contributed by atoms with Gasteiger partial charge in [0.1, 0.15) is 17.1 Å². The van der Waals surface area contributed by atoms with Crippen LogP contribution < -0.4 is 14.8 Å². The van der Waals surface area contributed by atoms with Crippen LogP contribution in [0.4, 0.5) is 0 Å². The Morgan fingerprint density at radius 3 is 2.50 bits per heavy atom. The maximum atomic E-state index is 12.4. The highest BCUT2D eigenvalue weighted by molar-refractivity contribution is 5.99. The molecular formula is C15H22N2O3. The Kier molecular flexibility index (Phi) is 4.84. The van der Waals surface area contributed by atoms with Gasteiger partial charge in [0.15, 0.2) is 0 Å². The van der Waals surface area contributed by atoms with Crippen LogP contribution in [0.15, 0.2) is 18.2 Å². The number of rotatable bonds is 5. The van der Waals surface area contributed by atoms with Gasteiger partial charge in [-0.25, -0.2) is 0 Å². The summed E-state index contributed by atoms with van der Waals surface area (Å²) in [6.45, 7) is 2.81. The Bertz CT molecular complexity index is 454. The fraction of sp³-hybridized carbons (Fsp3) is 0.533. The van der Waals surface area contributed by atoms with E-state index in [1.54, 1.807) is 32.4 Å². The highest BCUT2D eigenvalue weighted by atomic mass is 16.5. The van der Waals surface area contributed by atoms with E-state index >= 15 is 0 Å². The van der Waals surface area contributed by atoms with E-state index in [0.29, 0.717) is 29.5 Å². The number of hydrogen-bond acceptors (Lipinski definition) is 4. The molecule has 20 heavy (non-hydrogen) atoms. The maximum Gasteiger partial charge on any atom is 0.258 e. The summed E-state index contributed by atoms with van der Waals surface area (Å²) in [7, 11) is 5.21. The molecule has 5 heteroatoms. The van der Waals surface area contributed by atoms with E-state index in [2.05, 4.69) is 17.3 Å². The van der Waals surface area contributed by atoms with E-state index in [1.807, 2.05) is 0 Å². The molecule has 1 aliphatic heterocycles. The first-order valence-electron chi connectivity index (χ1n) is 6.83. The van der Waals surface area contributed by atoms with Gasteiger partial charge in [0.05, 0.1) is 14.2 Å². The smallest absolute Gasteiger partial charge is 0.258 e. The summed E-state index contributed by atoms with van der Waals surface area (Å²) in [4.78, 5) is 14.6. The van der Waals surface area contributed by atoms with Crippen molar-refractivity contribution in [1.29, 1.82) is 0 Å². The number of benzene rings is 1. The Hall–Kier alpha value is -1.75. The van der Waals surface area contributed by atoms with E-state index in [1.165, 1.54) is 0 Å². The second kappa shape index (κ2) is 6.61. The summed E-state index contributed by atoms with van der Waals surface area (Å²) >= 11 is 0. The van der Waals surface area contributed by atoms with Gasteiger partial charge in [0, 0.05) is 13.1 Å². The van der Waals surface area contributed by atoms with Gasteiger partial charge in [-0.05, 0) is 38.1 Å². The standard InChI is InChI=1S/C15H22N2O3/c1-17-8-7-11(10-17)9-16-15(18)14-12(19-2)5-4-6-13(14)20-3/h4-6,11H,7-10H2,1-3H3,(H,16,18). The molecule has 1 heterocycles. The molecule has 2 rings (SSSR count). The van der Waals surface area contributed by atoms with Crippen molar-refractivity contribution in [3.8, 4) is 11.5 Å². The minimum absolute atomic E-state index is 0.145. The van der Waals surface area contributed by atoms with Gasteiger partial charge in [-0.1, -0.05) is 6.07 Å². The fourth-order valence-corrected chi connectivity index (χ4v) is 2.59. The van der Waals surface area contributed by atoms with Crippen LogP contribution in [0.1, 0.15) is 16.8 Å². The van der Waals surface area contributed by atoms with Gasteiger partial charge in [-0.15, -0.1) is 0 Å². The van der Waals surface area contributed by atoms with E-state index < -0.39 is 0 Å². The van der Waals surface area contributed by atoms with E-state index in [9.17, 15) is 4.79 Å². The molecule has 1 fully saturated rings. The number of hydrogen-bond donors (Lipinski definition) is 1. The third kappa shape index (κ3) is 3.22. The Morgan fingerprint density at radius 1 is 1.35 bits per heavy atom. The lowest BCUT2D eigenvalue weighted by molar-refractivity contribution is 0.0941. The predicted molar refractivity (Wildman–Crippen MR) is 77.5 cm³/mol. The lowest BCUT2D eigenvalue weighted by Gasteiger charge is -2.15. The molecule has 5 nitrogen and oxygen atoms in total. The van der Waals surface area contributed by atoms with E-state index in [-0.39, 0.29) is 5.91 Å². The Balaban J connectivity index is 2.05. The van der Waals surface area contributed by atoms with Crippen LogP contribution in [0.3, 0.4) is 0 Å². The lowest BCUT2D eigenvalue weighted by Crippen LogP contribution is -2.31. The zero-order valence-electron chi connectivity index (χ0n) is 12.3. The lowest BCUT2D eigenvalue weighted by atomic mass is 10.1. The SMILES string of the molecule is COc1cccc(OC)c1C(=O)NCC1CCN(C)C1. The third-order valence-electron chi connectivity index (χ3n) is 3.70. The number of amides is 1. The quantitative estimate of drug-likeness (QED) is 0.884. The van der Waals surface area contributed by atoms with Crippen molar-refractivity contribution in [1.82, 2.24) is 10.2 Å². The summed E-state index contributed by atoms with van der Waals surface area (Å²) in [5.74, 6) is 1.44. The zero-order valence-corrected chi connectivity index (χ0v) is 12.3. The molecule has 1 atom stereocenters. The van der Waals surface area contributed by atoms with Crippen molar-refractivity contribution in [2.45, 2.75) is 6.42 Å². The molecule has 1 saturated heterocycles. The van der Waals surface area contributed by atoms with Gasteiger partial charge in [-0.3, -0.25) is 4.79 Å². The number of nitrogens with zero attached hydrogens (tertiary/aromatic N) is 1. The van der Waals surface area contributed by atoms with Gasteiger partial charge in [0.25, 0.3) is 5.91 Å². The van der Waals surface area contributed by atoms with Gasteiger partial charge >= 0.3 is 0 Å². The normalized spacial score (nSPS) is 18.9. The molecule has 0 aromatic heterocycles. The van der Waals surface area contributed by atoms with Crippen LogP contribution in [0, 0.1) is 5.92 Å². The first-order valence-corrected chi connectivity index (χ1v) is 6.83. The van der Waals surface area contributed by atoms with Crippen LogP contribution in [-0.2, 0) is 0 Å². The number of nitrogens with one attached hydrogen (secondary N) is 1. The summed E-state index contributed by atoms with van der Waals surface area (Å²) in [6, 6.07) is 5.34. The molecule has 0 saturated carbocycles. The molecule has 1 unspecified atom stereocenters. The molecule has 0 bridgehead atoms. The largest absolute Gasteiger partial charge is 0.496 e. The molecule has 0 spiro atoms. The highest BCUT2D eigenvalue weighted by Gasteiger charge is 2.22. The number of ether oxygens (including phenoxy) is 2. The van der Waals surface area contributed by atoms with Gasteiger partial charge in [0.2, 0.25) is 0 Å². The summed E-state index contributed by atoms with van der Waals surface area (Å²) in [5.41, 5.74) is 0.462. The Morgan fingerprint density at radius 2 is 2.00 bits per heavy atom. The van der Waals surface area contributed by atoms with Crippen molar-refractivity contribution in [3.05, 3.63) is 23.8 Å². The second-order valence-corrected chi connectivity index (χ2v) is 5.16. The molecule has 110 valence electrons. The molecule has 1 N–H and O–H groups in total. The highest BCUT2D eigenvalue weighted by Crippen LogP contribution is 2.28. The third-order valence-corrected chi connectivity index (χ3v) is 3.70. The van der Waals surface area contributed by atoms with E-state index in [0.717, 1.165) is 19.5 Å².